The van der Waals surface area contributed by atoms with Crippen molar-refractivity contribution in [3.8, 4) is 11.5 Å². The number of benzene rings is 2. The second-order valence-corrected chi connectivity index (χ2v) is 5.30. The standard InChI is InChI=1S/C14H13O2P/c1-2-11-7-9-12(10-8-11)17-15-13-5-3-4-6-14(13)16-17/h3-10H,2H2,1H3. The van der Waals surface area contributed by atoms with Crippen molar-refractivity contribution in [1.29, 1.82) is 0 Å². The maximum Gasteiger partial charge on any atom is 0.326 e. The van der Waals surface area contributed by atoms with Crippen molar-refractivity contribution in [2.75, 3.05) is 0 Å². The third-order valence-corrected chi connectivity index (χ3v) is 4.21. The average molecular weight is 244 g/mol. The van der Waals surface area contributed by atoms with Crippen LogP contribution in [0.25, 0.3) is 0 Å². The summed E-state index contributed by atoms with van der Waals surface area (Å²) in [5.74, 6) is 1.69. The molecule has 0 atom stereocenters. The molecule has 17 heavy (non-hydrogen) atoms. The molecule has 0 fully saturated rings. The lowest BCUT2D eigenvalue weighted by Crippen LogP contribution is -2.05. The van der Waals surface area contributed by atoms with Gasteiger partial charge in [0.25, 0.3) is 0 Å². The molecular weight excluding hydrogens is 231 g/mol. The lowest BCUT2D eigenvalue weighted by atomic mass is 10.2. The highest BCUT2D eigenvalue weighted by molar-refractivity contribution is 7.57. The van der Waals surface area contributed by atoms with E-state index in [9.17, 15) is 0 Å². The Labute approximate surface area is 102 Å². The van der Waals surface area contributed by atoms with Gasteiger partial charge in [0.1, 0.15) is 0 Å². The summed E-state index contributed by atoms with van der Waals surface area (Å²) in [5.41, 5.74) is 1.33. The van der Waals surface area contributed by atoms with Gasteiger partial charge in [-0.05, 0) is 36.2 Å². The molecule has 1 aliphatic rings. The highest BCUT2D eigenvalue weighted by Gasteiger charge is 2.27. The van der Waals surface area contributed by atoms with Gasteiger partial charge in [0.2, 0.25) is 0 Å². The van der Waals surface area contributed by atoms with Gasteiger partial charge in [0, 0.05) is 0 Å². The van der Waals surface area contributed by atoms with Crippen molar-refractivity contribution >= 4 is 13.7 Å². The van der Waals surface area contributed by atoms with Crippen molar-refractivity contribution in [3.63, 3.8) is 0 Å². The topological polar surface area (TPSA) is 18.5 Å². The van der Waals surface area contributed by atoms with Gasteiger partial charge in [-0.2, -0.15) is 0 Å². The van der Waals surface area contributed by atoms with Crippen LogP contribution in [-0.4, -0.2) is 0 Å². The van der Waals surface area contributed by atoms with Crippen molar-refractivity contribution in [2.45, 2.75) is 13.3 Å². The molecule has 86 valence electrons. The predicted molar refractivity (Wildman–Crippen MR) is 70.1 cm³/mol. The van der Waals surface area contributed by atoms with Crippen molar-refractivity contribution in [2.24, 2.45) is 0 Å². The molecule has 0 radical (unpaired) electrons. The predicted octanol–water partition coefficient (Wildman–Crippen LogP) is 3.66. The van der Waals surface area contributed by atoms with Crippen LogP contribution in [0.1, 0.15) is 12.5 Å². The Bertz CT molecular complexity index is 497. The van der Waals surface area contributed by atoms with Gasteiger partial charge in [-0.1, -0.05) is 31.2 Å². The van der Waals surface area contributed by atoms with E-state index in [1.54, 1.807) is 0 Å². The summed E-state index contributed by atoms with van der Waals surface area (Å²) in [6.45, 7) is 2.15. The third-order valence-electron chi connectivity index (χ3n) is 2.77. The molecule has 0 spiro atoms. The van der Waals surface area contributed by atoms with E-state index in [4.69, 9.17) is 9.05 Å². The maximum absolute atomic E-state index is 5.81. The minimum Gasteiger partial charge on any atom is -0.431 e. The fourth-order valence-electron chi connectivity index (χ4n) is 1.76. The minimum atomic E-state index is -0.984. The third kappa shape index (κ3) is 2.01. The molecule has 0 aliphatic carbocycles. The van der Waals surface area contributed by atoms with Crippen LogP contribution in [0.15, 0.2) is 48.5 Å². The monoisotopic (exact) mass is 244 g/mol. The van der Waals surface area contributed by atoms with Gasteiger partial charge in [-0.15, -0.1) is 0 Å². The summed E-state index contributed by atoms with van der Waals surface area (Å²) in [5, 5.41) is 1.12. The summed E-state index contributed by atoms with van der Waals surface area (Å²) in [7, 11) is -0.984. The van der Waals surface area contributed by atoms with Crippen molar-refractivity contribution in [1.82, 2.24) is 0 Å². The van der Waals surface area contributed by atoms with E-state index in [0.717, 1.165) is 23.2 Å². The molecule has 0 unspecified atom stereocenters. The van der Waals surface area contributed by atoms with Crippen LogP contribution >= 0.6 is 8.38 Å². The van der Waals surface area contributed by atoms with Crippen LogP contribution in [0.5, 0.6) is 11.5 Å². The summed E-state index contributed by atoms with van der Waals surface area (Å²) in [4.78, 5) is 0. The van der Waals surface area contributed by atoms with Crippen LogP contribution in [0.3, 0.4) is 0 Å². The van der Waals surface area contributed by atoms with Crippen LogP contribution < -0.4 is 14.4 Å². The van der Waals surface area contributed by atoms with E-state index in [2.05, 4.69) is 31.2 Å². The maximum atomic E-state index is 5.81. The first-order valence-electron chi connectivity index (χ1n) is 5.71. The minimum absolute atomic E-state index is 0.846. The molecule has 3 rings (SSSR count). The summed E-state index contributed by atoms with van der Waals surface area (Å²) < 4.78 is 11.6. The first kappa shape index (κ1) is 10.6. The first-order chi connectivity index (χ1) is 8.36. The molecule has 1 heterocycles. The summed E-state index contributed by atoms with van der Waals surface area (Å²) >= 11 is 0. The summed E-state index contributed by atoms with van der Waals surface area (Å²) in [6.07, 6.45) is 1.06. The largest absolute Gasteiger partial charge is 0.431 e. The van der Waals surface area contributed by atoms with Crippen LogP contribution in [0.4, 0.5) is 0 Å². The lowest BCUT2D eigenvalue weighted by molar-refractivity contribution is 0.587. The molecular formula is C14H13O2P. The second-order valence-electron chi connectivity index (χ2n) is 3.91. The average Bonchev–Trinajstić information content (AvgIpc) is 2.82. The second kappa shape index (κ2) is 4.38. The van der Waals surface area contributed by atoms with Crippen molar-refractivity contribution in [3.05, 3.63) is 54.1 Å². The Morgan fingerprint density at radius 2 is 1.47 bits per heavy atom. The molecule has 0 aromatic heterocycles. The van der Waals surface area contributed by atoms with E-state index in [-0.39, 0.29) is 0 Å². The van der Waals surface area contributed by atoms with E-state index < -0.39 is 8.38 Å². The van der Waals surface area contributed by atoms with E-state index in [0.29, 0.717) is 0 Å². The highest BCUT2D eigenvalue weighted by atomic mass is 31.2. The Morgan fingerprint density at radius 3 is 2.00 bits per heavy atom. The zero-order valence-corrected chi connectivity index (χ0v) is 10.5. The van der Waals surface area contributed by atoms with E-state index in [1.807, 2.05) is 24.3 Å². The zero-order valence-electron chi connectivity index (χ0n) is 9.59. The Balaban J connectivity index is 1.83. The van der Waals surface area contributed by atoms with E-state index >= 15 is 0 Å². The van der Waals surface area contributed by atoms with Crippen LogP contribution in [0, 0.1) is 0 Å². The summed E-state index contributed by atoms with van der Waals surface area (Å²) in [6, 6.07) is 16.3. The molecule has 0 N–H and O–H groups in total. The number of para-hydroxylation sites is 2. The molecule has 0 saturated heterocycles. The lowest BCUT2D eigenvalue weighted by Gasteiger charge is -2.08. The normalized spacial score (nSPS) is 13.9. The number of hydrogen-bond acceptors (Lipinski definition) is 2. The molecule has 2 nitrogen and oxygen atoms in total. The zero-order chi connectivity index (χ0) is 11.7. The molecule has 3 heteroatoms. The number of rotatable bonds is 2. The molecule has 2 aromatic rings. The Kier molecular flexibility index (Phi) is 2.74. The smallest absolute Gasteiger partial charge is 0.326 e. The quantitative estimate of drug-likeness (QED) is 0.750. The molecule has 2 aromatic carbocycles. The SMILES string of the molecule is CCc1ccc(P2Oc3ccccc3O2)cc1. The van der Waals surface area contributed by atoms with Crippen molar-refractivity contribution < 1.29 is 9.05 Å². The van der Waals surface area contributed by atoms with Gasteiger partial charge < -0.3 is 9.05 Å². The van der Waals surface area contributed by atoms with Gasteiger partial charge in [-0.25, -0.2) is 0 Å². The Hall–Kier alpha value is -1.53. The number of hydrogen-bond donors (Lipinski definition) is 0. The molecule has 0 saturated carbocycles. The molecule has 1 aliphatic heterocycles. The fraction of sp³-hybridized carbons (Fsp3) is 0.143. The molecule has 0 amide bonds. The van der Waals surface area contributed by atoms with Crippen LogP contribution in [0.2, 0.25) is 0 Å². The number of fused-ring (bicyclic) bond motifs is 1. The number of aryl methyl sites for hydroxylation is 1. The van der Waals surface area contributed by atoms with Gasteiger partial charge in [-0.3, -0.25) is 0 Å². The fourth-order valence-corrected chi connectivity index (χ4v) is 3.06. The molecule has 0 bridgehead atoms. The van der Waals surface area contributed by atoms with Crippen LogP contribution in [-0.2, 0) is 6.42 Å². The van der Waals surface area contributed by atoms with Gasteiger partial charge in [0.05, 0.1) is 5.30 Å². The van der Waals surface area contributed by atoms with Gasteiger partial charge in [0.15, 0.2) is 11.5 Å². The first-order valence-corrected chi connectivity index (χ1v) is 6.88. The van der Waals surface area contributed by atoms with E-state index in [1.165, 1.54) is 5.56 Å². The Morgan fingerprint density at radius 1 is 0.882 bits per heavy atom. The van der Waals surface area contributed by atoms with Gasteiger partial charge >= 0.3 is 8.38 Å². The highest BCUT2D eigenvalue weighted by Crippen LogP contribution is 2.51.